The van der Waals surface area contributed by atoms with E-state index in [4.69, 9.17) is 27.9 Å². The third-order valence-electron chi connectivity index (χ3n) is 1.33. The van der Waals surface area contributed by atoms with Crippen LogP contribution in [0, 0.1) is 0 Å². The van der Waals surface area contributed by atoms with Crippen LogP contribution in [0.15, 0.2) is 18.2 Å². The molecule has 0 unspecified atom stereocenters. The fourth-order valence-electron chi connectivity index (χ4n) is 0.866. The summed E-state index contributed by atoms with van der Waals surface area (Å²) in [5, 5.41) is 0.829. The fourth-order valence-corrected chi connectivity index (χ4v) is 1.37. The molecule has 1 rings (SSSR count). The Morgan fingerprint density at radius 2 is 1.86 bits per heavy atom. The Morgan fingerprint density at radius 1 is 1.29 bits per heavy atom. The van der Waals surface area contributed by atoms with Crippen molar-refractivity contribution in [2.75, 3.05) is 13.7 Å². The number of methoxy groups -OCH3 is 1. The van der Waals surface area contributed by atoms with Crippen LogP contribution in [0.1, 0.15) is 0 Å². The molecule has 1 aromatic carbocycles. The first kappa shape index (κ1) is 11.3. The van der Waals surface area contributed by atoms with Gasteiger partial charge in [0.05, 0.1) is 0 Å². The van der Waals surface area contributed by atoms with Crippen molar-refractivity contribution in [2.45, 2.75) is 0 Å². The Bertz CT molecular complexity index is 319. The molecule has 0 atom stereocenters. The molecule has 0 spiro atoms. The first-order chi connectivity index (χ1) is 6.61. The molecule has 0 aliphatic rings. The van der Waals surface area contributed by atoms with Crippen LogP contribution in [-0.2, 0) is 9.53 Å². The van der Waals surface area contributed by atoms with Crippen LogP contribution in [0.3, 0.4) is 0 Å². The average Bonchev–Trinajstić information content (AvgIpc) is 2.01. The van der Waals surface area contributed by atoms with Gasteiger partial charge in [-0.2, -0.15) is 0 Å². The lowest BCUT2D eigenvalue weighted by molar-refractivity contribution is -0.138. The number of benzene rings is 1. The van der Waals surface area contributed by atoms with E-state index in [9.17, 15) is 4.79 Å². The van der Waals surface area contributed by atoms with Crippen molar-refractivity contribution in [3.05, 3.63) is 28.2 Å². The van der Waals surface area contributed by atoms with Gasteiger partial charge < -0.3 is 9.47 Å². The van der Waals surface area contributed by atoms with Crippen LogP contribution in [0.25, 0.3) is 0 Å². The average molecular weight is 235 g/mol. The predicted octanol–water partition coefficient (Wildman–Crippen LogP) is 2.55. The highest BCUT2D eigenvalue weighted by Gasteiger charge is 2.05. The van der Waals surface area contributed by atoms with Crippen molar-refractivity contribution in [3.63, 3.8) is 0 Å². The van der Waals surface area contributed by atoms with E-state index in [1.54, 1.807) is 6.07 Å². The highest BCUT2D eigenvalue weighted by atomic mass is 35.5. The Balaban J connectivity index is 2.71. The van der Waals surface area contributed by atoms with E-state index in [2.05, 4.69) is 4.74 Å². The molecule has 1 aromatic rings. The second kappa shape index (κ2) is 5.20. The van der Waals surface area contributed by atoms with Crippen molar-refractivity contribution in [1.82, 2.24) is 0 Å². The maximum Gasteiger partial charge on any atom is 0.337 e. The van der Waals surface area contributed by atoms with E-state index in [0.29, 0.717) is 15.8 Å². The summed E-state index contributed by atoms with van der Waals surface area (Å²) in [6.07, 6.45) is 0. The number of hydrogen-bond acceptors (Lipinski definition) is 3. The lowest BCUT2D eigenvalue weighted by Crippen LogP contribution is -2.14. The summed E-state index contributed by atoms with van der Waals surface area (Å²) in [7, 11) is 1.41. The Kier molecular flexibility index (Phi) is 4.20. The third kappa shape index (κ3) is 3.54. The lowest BCUT2D eigenvalue weighted by atomic mass is 10.3. The second-order valence-electron chi connectivity index (χ2n) is 2.51. The zero-order valence-corrected chi connectivity index (χ0v) is 8.93. The van der Waals surface area contributed by atoms with Gasteiger partial charge in [-0.1, -0.05) is 23.2 Å². The largest absolute Gasteiger partial charge is 0.425 e. The molecular formula is C9H8Cl2O3. The van der Waals surface area contributed by atoms with Crippen molar-refractivity contribution >= 4 is 29.2 Å². The molecule has 14 heavy (non-hydrogen) atoms. The summed E-state index contributed by atoms with van der Waals surface area (Å²) in [6.45, 7) is -0.107. The molecule has 0 amide bonds. The van der Waals surface area contributed by atoms with Crippen LogP contribution in [0.2, 0.25) is 10.0 Å². The molecule has 0 aliphatic heterocycles. The van der Waals surface area contributed by atoms with Crippen molar-refractivity contribution in [1.29, 1.82) is 0 Å². The molecule has 76 valence electrons. The van der Waals surface area contributed by atoms with Gasteiger partial charge in [-0.3, -0.25) is 0 Å². The number of esters is 1. The molecule has 0 fully saturated rings. The van der Waals surface area contributed by atoms with Crippen molar-refractivity contribution in [2.24, 2.45) is 0 Å². The van der Waals surface area contributed by atoms with Gasteiger partial charge in [-0.15, -0.1) is 0 Å². The molecule has 0 aromatic heterocycles. The number of carbonyl (C=O) groups is 1. The molecule has 0 saturated heterocycles. The molecular weight excluding hydrogens is 227 g/mol. The Hall–Kier alpha value is -0.770. The SMILES string of the molecule is COCC(=O)Oc1cc(Cl)cc(Cl)c1. The molecule has 0 N–H and O–H groups in total. The second-order valence-corrected chi connectivity index (χ2v) is 3.39. The molecule has 0 radical (unpaired) electrons. The van der Waals surface area contributed by atoms with E-state index < -0.39 is 5.97 Å². The van der Waals surface area contributed by atoms with E-state index >= 15 is 0 Å². The standard InChI is InChI=1S/C9H8Cl2O3/c1-13-5-9(12)14-8-3-6(10)2-7(11)4-8/h2-4H,5H2,1H3. The number of ether oxygens (including phenoxy) is 2. The van der Waals surface area contributed by atoms with Gasteiger partial charge >= 0.3 is 5.97 Å². The zero-order chi connectivity index (χ0) is 10.6. The monoisotopic (exact) mass is 234 g/mol. The summed E-state index contributed by atoms with van der Waals surface area (Å²) in [5.74, 6) is -0.185. The summed E-state index contributed by atoms with van der Waals surface area (Å²) < 4.78 is 9.48. The molecule has 0 heterocycles. The minimum atomic E-state index is -0.495. The van der Waals surface area contributed by atoms with Crippen LogP contribution in [-0.4, -0.2) is 19.7 Å². The quantitative estimate of drug-likeness (QED) is 0.596. The topological polar surface area (TPSA) is 35.5 Å². The van der Waals surface area contributed by atoms with Gasteiger partial charge in [-0.25, -0.2) is 4.79 Å². The van der Waals surface area contributed by atoms with Crippen LogP contribution in [0.4, 0.5) is 0 Å². The summed E-state index contributed by atoms with van der Waals surface area (Å²) in [5.41, 5.74) is 0. The predicted molar refractivity (Wildman–Crippen MR) is 54.0 cm³/mol. The van der Waals surface area contributed by atoms with E-state index in [1.807, 2.05) is 0 Å². The van der Waals surface area contributed by atoms with Gasteiger partial charge in [0.1, 0.15) is 12.4 Å². The van der Waals surface area contributed by atoms with Gasteiger partial charge in [0.15, 0.2) is 0 Å². The van der Waals surface area contributed by atoms with Crippen molar-refractivity contribution < 1.29 is 14.3 Å². The van der Waals surface area contributed by atoms with Gasteiger partial charge in [0, 0.05) is 17.2 Å². The molecule has 3 nitrogen and oxygen atoms in total. The van der Waals surface area contributed by atoms with Crippen LogP contribution < -0.4 is 4.74 Å². The molecule has 0 aliphatic carbocycles. The summed E-state index contributed by atoms with van der Waals surface area (Å²) in [4.78, 5) is 11.0. The number of carbonyl (C=O) groups excluding carboxylic acids is 1. The maximum atomic E-state index is 11.0. The zero-order valence-electron chi connectivity index (χ0n) is 7.42. The van der Waals surface area contributed by atoms with Gasteiger partial charge in [0.25, 0.3) is 0 Å². The number of halogens is 2. The van der Waals surface area contributed by atoms with Crippen LogP contribution >= 0.6 is 23.2 Å². The fraction of sp³-hybridized carbons (Fsp3) is 0.222. The van der Waals surface area contributed by atoms with E-state index in [-0.39, 0.29) is 6.61 Å². The number of hydrogen-bond donors (Lipinski definition) is 0. The third-order valence-corrected chi connectivity index (χ3v) is 1.77. The highest BCUT2D eigenvalue weighted by molar-refractivity contribution is 6.34. The Labute approximate surface area is 91.5 Å². The maximum absolute atomic E-state index is 11.0. The van der Waals surface area contributed by atoms with E-state index in [0.717, 1.165) is 0 Å². The number of rotatable bonds is 3. The lowest BCUT2D eigenvalue weighted by Gasteiger charge is -2.04. The van der Waals surface area contributed by atoms with Gasteiger partial charge in [0.2, 0.25) is 0 Å². The highest BCUT2D eigenvalue weighted by Crippen LogP contribution is 2.24. The summed E-state index contributed by atoms with van der Waals surface area (Å²) >= 11 is 11.4. The first-order valence-corrected chi connectivity index (χ1v) is 4.53. The smallest absolute Gasteiger partial charge is 0.337 e. The minimum absolute atomic E-state index is 0.107. The molecule has 0 saturated carbocycles. The van der Waals surface area contributed by atoms with Crippen molar-refractivity contribution in [3.8, 4) is 5.75 Å². The Morgan fingerprint density at radius 3 is 2.36 bits per heavy atom. The van der Waals surface area contributed by atoms with Gasteiger partial charge in [-0.05, 0) is 18.2 Å². The van der Waals surface area contributed by atoms with Crippen LogP contribution in [0.5, 0.6) is 5.75 Å². The van der Waals surface area contributed by atoms with E-state index in [1.165, 1.54) is 19.2 Å². The normalized spacial score (nSPS) is 9.93. The molecule has 0 bridgehead atoms. The molecule has 5 heteroatoms. The first-order valence-electron chi connectivity index (χ1n) is 3.77. The summed E-state index contributed by atoms with van der Waals surface area (Å²) in [6, 6.07) is 4.55. The minimum Gasteiger partial charge on any atom is -0.425 e.